The summed E-state index contributed by atoms with van der Waals surface area (Å²) in [6.07, 6.45) is -4.92. The van der Waals surface area contributed by atoms with Crippen LogP contribution in [0.4, 0.5) is 13.2 Å². The predicted octanol–water partition coefficient (Wildman–Crippen LogP) is 3.50. The van der Waals surface area contributed by atoms with E-state index in [1.165, 1.54) is 6.92 Å². The summed E-state index contributed by atoms with van der Waals surface area (Å²) in [4.78, 5) is 15.5. The molecule has 0 saturated heterocycles. The molecule has 0 aliphatic rings. The Morgan fingerprint density at radius 3 is 2.63 bits per heavy atom. The molecule has 0 aromatic carbocycles. The van der Waals surface area contributed by atoms with Crippen molar-refractivity contribution in [1.82, 2.24) is 4.98 Å². The zero-order valence-electron chi connectivity index (χ0n) is 9.55. The molecule has 19 heavy (non-hydrogen) atoms. The van der Waals surface area contributed by atoms with Gasteiger partial charge in [0, 0.05) is 6.07 Å². The molecule has 0 spiro atoms. The number of esters is 1. The summed E-state index contributed by atoms with van der Waals surface area (Å²) < 4.78 is 45.5. The van der Waals surface area contributed by atoms with Gasteiger partial charge in [-0.15, -0.1) is 24.8 Å². The topological polar surface area (TPSA) is 48.4 Å². The van der Waals surface area contributed by atoms with Gasteiger partial charge in [0.2, 0.25) is 0 Å². The highest BCUT2D eigenvalue weighted by Crippen LogP contribution is 2.30. The average Bonchev–Trinajstić information content (AvgIpc) is 2.26. The van der Waals surface area contributed by atoms with Gasteiger partial charge < -0.3 is 9.47 Å². The summed E-state index contributed by atoms with van der Waals surface area (Å²) in [7, 11) is 0. The number of carbonyl (C=O) groups is 1. The number of ether oxygens (including phenoxy) is 2. The van der Waals surface area contributed by atoms with E-state index < -0.39 is 18.1 Å². The van der Waals surface area contributed by atoms with Crippen molar-refractivity contribution in [2.75, 3.05) is 6.61 Å². The zero-order valence-corrected chi connectivity index (χ0v) is 12.5. The highest BCUT2D eigenvalue weighted by atomic mass is 127. The Labute approximate surface area is 125 Å². The Kier molecular flexibility index (Phi) is 5.65. The molecule has 1 rings (SSSR count). The van der Waals surface area contributed by atoms with Crippen LogP contribution >= 0.6 is 34.2 Å². The van der Waals surface area contributed by atoms with Gasteiger partial charge in [0.25, 0.3) is 0 Å². The summed E-state index contributed by atoms with van der Waals surface area (Å²) in [6, 6.07) is 0.967. The monoisotopic (exact) mass is 409 g/mol. The van der Waals surface area contributed by atoms with Crippen molar-refractivity contribution in [2.45, 2.75) is 19.2 Å². The third kappa shape index (κ3) is 4.68. The molecule has 0 amide bonds. The van der Waals surface area contributed by atoms with Crippen molar-refractivity contribution in [3.05, 3.63) is 21.0 Å². The van der Waals surface area contributed by atoms with Crippen molar-refractivity contribution in [3.8, 4) is 5.75 Å². The maximum Gasteiger partial charge on any atom is 0.573 e. The van der Waals surface area contributed by atoms with E-state index in [0.29, 0.717) is 0 Å². The maximum atomic E-state index is 12.3. The van der Waals surface area contributed by atoms with E-state index in [4.69, 9.17) is 11.6 Å². The van der Waals surface area contributed by atoms with E-state index in [9.17, 15) is 18.0 Å². The molecular formula is C10H8ClF3INO3. The van der Waals surface area contributed by atoms with Crippen LogP contribution in [0, 0.1) is 3.70 Å². The van der Waals surface area contributed by atoms with Crippen LogP contribution in [0.5, 0.6) is 5.75 Å². The minimum atomic E-state index is -4.92. The van der Waals surface area contributed by atoms with Gasteiger partial charge in [-0.1, -0.05) is 0 Å². The van der Waals surface area contributed by atoms with E-state index in [2.05, 4.69) is 14.5 Å². The lowest BCUT2D eigenvalue weighted by molar-refractivity contribution is -0.274. The average molecular weight is 410 g/mol. The molecule has 106 valence electrons. The molecule has 0 aliphatic heterocycles. The van der Waals surface area contributed by atoms with Crippen LogP contribution in [0.25, 0.3) is 0 Å². The number of hydrogen-bond acceptors (Lipinski definition) is 4. The summed E-state index contributed by atoms with van der Waals surface area (Å²) in [5.41, 5.74) is -0.202. The van der Waals surface area contributed by atoms with Gasteiger partial charge in [-0.25, -0.2) is 9.78 Å². The highest BCUT2D eigenvalue weighted by molar-refractivity contribution is 14.1. The van der Waals surface area contributed by atoms with Crippen molar-refractivity contribution < 1.29 is 27.4 Å². The van der Waals surface area contributed by atoms with Crippen LogP contribution < -0.4 is 4.74 Å². The van der Waals surface area contributed by atoms with Crippen LogP contribution in [-0.4, -0.2) is 23.9 Å². The quantitative estimate of drug-likeness (QED) is 0.331. The Balaban J connectivity index is 3.29. The van der Waals surface area contributed by atoms with Gasteiger partial charge in [-0.05, 0) is 29.5 Å². The molecular weight excluding hydrogens is 401 g/mol. The van der Waals surface area contributed by atoms with E-state index in [0.717, 1.165) is 6.07 Å². The van der Waals surface area contributed by atoms with Crippen LogP contribution in [0.15, 0.2) is 6.07 Å². The second kappa shape index (κ2) is 6.60. The summed E-state index contributed by atoms with van der Waals surface area (Å²) in [6.45, 7) is 1.56. The number of alkyl halides is 4. The molecule has 0 radical (unpaired) electrons. The first-order valence-corrected chi connectivity index (χ1v) is 6.58. The molecule has 0 unspecified atom stereocenters. The first kappa shape index (κ1) is 16.3. The van der Waals surface area contributed by atoms with Crippen LogP contribution in [-0.2, 0) is 10.6 Å². The SMILES string of the molecule is CCOC(=O)c1c(OC(F)(F)F)cc(CCl)nc1I. The van der Waals surface area contributed by atoms with Gasteiger partial charge in [0.1, 0.15) is 15.0 Å². The summed E-state index contributed by atoms with van der Waals surface area (Å²) >= 11 is 7.14. The number of pyridine rings is 1. The molecule has 0 aliphatic carbocycles. The summed E-state index contributed by atoms with van der Waals surface area (Å²) in [5, 5.41) is 0. The Morgan fingerprint density at radius 1 is 1.53 bits per heavy atom. The molecule has 0 N–H and O–H groups in total. The standard InChI is InChI=1S/C10H8ClF3INO3/c1-2-18-9(17)7-6(19-10(12,13)14)3-5(4-11)16-8(7)15/h3H,2,4H2,1H3. The number of carbonyl (C=O) groups excluding carboxylic acids is 1. The second-order valence-corrected chi connectivity index (χ2v) is 4.47. The van der Waals surface area contributed by atoms with E-state index in [1.54, 1.807) is 22.6 Å². The minimum Gasteiger partial charge on any atom is -0.462 e. The van der Waals surface area contributed by atoms with Gasteiger partial charge in [0.15, 0.2) is 0 Å². The molecule has 0 saturated carbocycles. The second-order valence-electron chi connectivity index (χ2n) is 3.18. The van der Waals surface area contributed by atoms with Crippen LogP contribution in [0.1, 0.15) is 23.0 Å². The van der Waals surface area contributed by atoms with Crippen molar-refractivity contribution in [3.63, 3.8) is 0 Å². The van der Waals surface area contributed by atoms with Gasteiger partial charge in [0.05, 0.1) is 18.2 Å². The number of rotatable bonds is 4. The normalized spacial score (nSPS) is 11.3. The van der Waals surface area contributed by atoms with Crippen molar-refractivity contribution >= 4 is 40.2 Å². The van der Waals surface area contributed by atoms with Crippen molar-refractivity contribution in [1.29, 1.82) is 0 Å². The lowest BCUT2D eigenvalue weighted by Crippen LogP contribution is -2.21. The Morgan fingerprint density at radius 2 is 2.16 bits per heavy atom. The minimum absolute atomic E-state index is 0.0254. The molecule has 1 heterocycles. The fourth-order valence-electron chi connectivity index (χ4n) is 1.20. The van der Waals surface area contributed by atoms with E-state index >= 15 is 0 Å². The molecule has 1 aromatic heterocycles. The fourth-order valence-corrected chi connectivity index (χ4v) is 2.13. The third-order valence-electron chi connectivity index (χ3n) is 1.83. The van der Waals surface area contributed by atoms with Crippen LogP contribution in [0.2, 0.25) is 0 Å². The van der Waals surface area contributed by atoms with Gasteiger partial charge in [-0.3, -0.25) is 0 Å². The number of hydrogen-bond donors (Lipinski definition) is 0. The lowest BCUT2D eigenvalue weighted by atomic mass is 10.2. The van der Waals surface area contributed by atoms with E-state index in [1.807, 2.05) is 0 Å². The van der Waals surface area contributed by atoms with Gasteiger partial charge >= 0.3 is 12.3 Å². The molecule has 0 fully saturated rings. The first-order chi connectivity index (χ1) is 8.78. The molecule has 0 bridgehead atoms. The first-order valence-electron chi connectivity index (χ1n) is 4.96. The van der Waals surface area contributed by atoms with Gasteiger partial charge in [-0.2, -0.15) is 0 Å². The Hall–Kier alpha value is -0.770. The fraction of sp³-hybridized carbons (Fsp3) is 0.400. The van der Waals surface area contributed by atoms with Crippen molar-refractivity contribution in [2.24, 2.45) is 0 Å². The molecule has 1 aromatic rings. The number of aromatic nitrogens is 1. The Bertz CT molecular complexity index is 482. The molecule has 9 heteroatoms. The maximum absolute atomic E-state index is 12.3. The third-order valence-corrected chi connectivity index (χ3v) is 2.89. The smallest absolute Gasteiger partial charge is 0.462 e. The zero-order chi connectivity index (χ0) is 14.6. The summed E-state index contributed by atoms with van der Waals surface area (Å²) in [5.74, 6) is -1.70. The highest BCUT2D eigenvalue weighted by Gasteiger charge is 2.34. The predicted molar refractivity (Wildman–Crippen MR) is 69.2 cm³/mol. The van der Waals surface area contributed by atoms with E-state index in [-0.39, 0.29) is 27.4 Å². The molecule has 0 atom stereocenters. The molecule has 4 nitrogen and oxygen atoms in total. The largest absolute Gasteiger partial charge is 0.573 e. The lowest BCUT2D eigenvalue weighted by Gasteiger charge is -2.14. The number of halogens is 5. The van der Waals surface area contributed by atoms with Crippen LogP contribution in [0.3, 0.4) is 0 Å². The number of nitrogens with zero attached hydrogens (tertiary/aromatic N) is 1.